The summed E-state index contributed by atoms with van der Waals surface area (Å²) in [4.78, 5) is 25.0. The van der Waals surface area contributed by atoms with Gasteiger partial charge in [0.1, 0.15) is 0 Å². The van der Waals surface area contributed by atoms with Crippen LogP contribution in [0.3, 0.4) is 0 Å². The number of hydrogen-bond donors (Lipinski definition) is 2. The van der Waals surface area contributed by atoms with E-state index in [1.807, 2.05) is 62.6 Å². The Labute approximate surface area is 152 Å². The van der Waals surface area contributed by atoms with Gasteiger partial charge in [0.05, 0.1) is 5.92 Å². The van der Waals surface area contributed by atoms with Crippen LogP contribution in [0.25, 0.3) is 0 Å². The van der Waals surface area contributed by atoms with Crippen LogP contribution in [0.2, 0.25) is 0 Å². The fraction of sp³-hybridized carbons (Fsp3) is 0.300. The van der Waals surface area contributed by atoms with Crippen LogP contribution < -0.4 is 5.32 Å². The van der Waals surface area contributed by atoms with E-state index in [1.165, 1.54) is 0 Å². The van der Waals surface area contributed by atoms with Crippen LogP contribution >= 0.6 is 11.8 Å². The molecule has 0 saturated carbocycles. The van der Waals surface area contributed by atoms with Crippen LogP contribution in [0.1, 0.15) is 27.0 Å². The maximum Gasteiger partial charge on any atom is 0.308 e. The van der Waals surface area contributed by atoms with Gasteiger partial charge in [-0.3, -0.25) is 9.59 Å². The molecular weight excluding hydrogens is 334 g/mol. The highest BCUT2D eigenvalue weighted by Gasteiger charge is 2.20. The molecule has 0 aromatic heterocycles. The normalized spacial score (nSPS) is 11.8. The largest absolute Gasteiger partial charge is 0.481 e. The van der Waals surface area contributed by atoms with Gasteiger partial charge in [-0.15, -0.1) is 11.8 Å². The van der Waals surface area contributed by atoms with Crippen LogP contribution in [-0.4, -0.2) is 29.8 Å². The average Bonchev–Trinajstić information content (AvgIpc) is 2.58. The Balaban J connectivity index is 2.06. The van der Waals surface area contributed by atoms with Crippen molar-refractivity contribution in [1.82, 2.24) is 5.32 Å². The van der Waals surface area contributed by atoms with Crippen LogP contribution in [0.4, 0.5) is 0 Å². The number of carboxylic acid groups (broad SMARTS) is 1. The summed E-state index contributed by atoms with van der Waals surface area (Å²) in [5.41, 5.74) is 3.52. The lowest BCUT2D eigenvalue weighted by Gasteiger charge is -2.15. The van der Waals surface area contributed by atoms with Gasteiger partial charge in [0.25, 0.3) is 5.91 Å². The van der Waals surface area contributed by atoms with Crippen molar-refractivity contribution in [2.45, 2.75) is 25.2 Å². The van der Waals surface area contributed by atoms with Crippen LogP contribution in [0, 0.1) is 19.8 Å². The lowest BCUT2D eigenvalue weighted by atomic mass is 9.98. The summed E-state index contributed by atoms with van der Waals surface area (Å²) in [5, 5.41) is 12.2. The number of hydrogen-bond acceptors (Lipinski definition) is 3. The van der Waals surface area contributed by atoms with Gasteiger partial charge >= 0.3 is 5.97 Å². The number of aryl methyl sites for hydroxylation is 2. The number of carbonyl (C=O) groups is 2. The van der Waals surface area contributed by atoms with E-state index in [2.05, 4.69) is 5.32 Å². The summed E-state index contributed by atoms with van der Waals surface area (Å²) in [5.74, 6) is -1.80. The Hall–Kier alpha value is -2.27. The van der Waals surface area contributed by atoms with Crippen LogP contribution in [0.15, 0.2) is 47.4 Å². The number of carboxylic acids is 1. The third-order valence-corrected chi connectivity index (χ3v) is 4.84. The third-order valence-electron chi connectivity index (χ3n) is 4.11. The van der Waals surface area contributed by atoms with E-state index in [0.717, 1.165) is 21.6 Å². The molecule has 1 atom stereocenters. The first-order valence-corrected chi connectivity index (χ1v) is 9.34. The van der Waals surface area contributed by atoms with Crippen molar-refractivity contribution in [3.63, 3.8) is 0 Å². The van der Waals surface area contributed by atoms with Crippen molar-refractivity contribution in [3.05, 3.63) is 64.7 Å². The van der Waals surface area contributed by atoms with Gasteiger partial charge in [0, 0.05) is 17.0 Å². The van der Waals surface area contributed by atoms with Gasteiger partial charge in [-0.2, -0.15) is 0 Å². The minimum absolute atomic E-state index is 0.102. The van der Waals surface area contributed by atoms with Gasteiger partial charge in [0.15, 0.2) is 0 Å². The highest BCUT2D eigenvalue weighted by Crippen LogP contribution is 2.19. The molecular formula is C20H23NO3S. The van der Waals surface area contributed by atoms with E-state index in [-0.39, 0.29) is 12.5 Å². The average molecular weight is 357 g/mol. The second-order valence-corrected chi connectivity index (χ2v) is 7.00. The maximum atomic E-state index is 12.5. The topological polar surface area (TPSA) is 66.4 Å². The number of amides is 1. The Kier molecular flexibility index (Phi) is 6.65. The molecule has 4 nitrogen and oxygen atoms in total. The van der Waals surface area contributed by atoms with E-state index >= 15 is 0 Å². The molecule has 0 heterocycles. The molecule has 0 bridgehead atoms. The zero-order chi connectivity index (χ0) is 18.4. The van der Waals surface area contributed by atoms with Crippen molar-refractivity contribution in [2.75, 3.05) is 12.8 Å². The van der Waals surface area contributed by atoms with E-state index in [1.54, 1.807) is 11.8 Å². The van der Waals surface area contributed by atoms with Crippen molar-refractivity contribution < 1.29 is 14.7 Å². The monoisotopic (exact) mass is 357 g/mol. The number of benzene rings is 2. The molecule has 2 aromatic carbocycles. The van der Waals surface area contributed by atoms with Gasteiger partial charge in [0.2, 0.25) is 0 Å². The zero-order valence-corrected chi connectivity index (χ0v) is 15.5. The maximum absolute atomic E-state index is 12.5. The fourth-order valence-corrected chi connectivity index (χ4v) is 3.09. The minimum atomic E-state index is -0.906. The number of thioether (sulfide) groups is 1. The first-order chi connectivity index (χ1) is 11.9. The number of nitrogens with one attached hydrogen (secondary N) is 1. The standard InChI is InChI=1S/C20H23NO3S/c1-13-5-4-6-15(9-13)10-16(20(23)24)12-21-19(22)18-11-17(25-3)8-7-14(18)2/h4-9,11,16H,10,12H2,1-3H3,(H,21,22)(H,23,24). The van der Waals surface area contributed by atoms with Crippen LogP contribution in [0.5, 0.6) is 0 Å². The van der Waals surface area contributed by atoms with E-state index in [9.17, 15) is 14.7 Å². The molecule has 2 rings (SSSR count). The first kappa shape index (κ1) is 19.1. The van der Waals surface area contributed by atoms with Crippen LogP contribution in [-0.2, 0) is 11.2 Å². The SMILES string of the molecule is CSc1ccc(C)c(C(=O)NCC(Cc2cccc(C)c2)C(=O)O)c1. The van der Waals surface area contributed by atoms with E-state index in [0.29, 0.717) is 12.0 Å². The Morgan fingerprint density at radius 3 is 2.56 bits per heavy atom. The van der Waals surface area contributed by atoms with Crippen molar-refractivity contribution >= 4 is 23.6 Å². The summed E-state index contributed by atoms with van der Waals surface area (Å²) < 4.78 is 0. The van der Waals surface area contributed by atoms with E-state index in [4.69, 9.17) is 0 Å². The first-order valence-electron chi connectivity index (χ1n) is 8.12. The highest BCUT2D eigenvalue weighted by molar-refractivity contribution is 7.98. The van der Waals surface area contributed by atoms with Crippen molar-refractivity contribution in [2.24, 2.45) is 5.92 Å². The quantitative estimate of drug-likeness (QED) is 0.742. The minimum Gasteiger partial charge on any atom is -0.481 e. The highest BCUT2D eigenvalue weighted by atomic mass is 32.2. The van der Waals surface area contributed by atoms with E-state index < -0.39 is 11.9 Å². The molecule has 0 saturated heterocycles. The Bertz CT molecular complexity index is 773. The molecule has 5 heteroatoms. The third kappa shape index (κ3) is 5.36. The molecule has 0 aliphatic heterocycles. The van der Waals surface area contributed by atoms with Gasteiger partial charge in [-0.1, -0.05) is 35.9 Å². The lowest BCUT2D eigenvalue weighted by Crippen LogP contribution is -2.34. The number of rotatable bonds is 7. The van der Waals surface area contributed by atoms with Crippen molar-refractivity contribution in [1.29, 1.82) is 0 Å². The smallest absolute Gasteiger partial charge is 0.308 e. The van der Waals surface area contributed by atoms with Crippen molar-refractivity contribution in [3.8, 4) is 0 Å². The molecule has 0 aliphatic carbocycles. The molecule has 0 fully saturated rings. The lowest BCUT2D eigenvalue weighted by molar-refractivity contribution is -0.141. The summed E-state index contributed by atoms with van der Waals surface area (Å²) in [6.45, 7) is 3.95. The van der Waals surface area contributed by atoms with Gasteiger partial charge in [-0.25, -0.2) is 0 Å². The zero-order valence-electron chi connectivity index (χ0n) is 14.7. The molecule has 0 spiro atoms. The summed E-state index contributed by atoms with van der Waals surface area (Å²) in [7, 11) is 0. The second kappa shape index (κ2) is 8.72. The van der Waals surface area contributed by atoms with Gasteiger partial charge in [-0.05, 0) is 49.8 Å². The Morgan fingerprint density at radius 1 is 1.16 bits per heavy atom. The molecule has 132 valence electrons. The molecule has 0 radical (unpaired) electrons. The molecule has 1 unspecified atom stereocenters. The molecule has 1 amide bonds. The predicted octanol–water partition coefficient (Wildman–Crippen LogP) is 3.70. The molecule has 25 heavy (non-hydrogen) atoms. The second-order valence-electron chi connectivity index (χ2n) is 6.12. The summed E-state index contributed by atoms with van der Waals surface area (Å²) >= 11 is 1.57. The fourth-order valence-electron chi connectivity index (χ4n) is 2.65. The summed E-state index contributed by atoms with van der Waals surface area (Å²) in [6, 6.07) is 13.5. The number of carbonyl (C=O) groups excluding carboxylic acids is 1. The predicted molar refractivity (Wildman–Crippen MR) is 101 cm³/mol. The van der Waals surface area contributed by atoms with Gasteiger partial charge < -0.3 is 10.4 Å². The molecule has 2 N–H and O–H groups in total. The number of aliphatic carboxylic acids is 1. The summed E-state index contributed by atoms with van der Waals surface area (Å²) in [6.07, 6.45) is 2.34. The molecule has 2 aromatic rings. The Morgan fingerprint density at radius 2 is 1.92 bits per heavy atom. The molecule has 0 aliphatic rings.